The molecule has 0 bridgehead atoms. The second-order valence-electron chi connectivity index (χ2n) is 2.71. The van der Waals surface area contributed by atoms with Gasteiger partial charge in [0.2, 0.25) is 0 Å². The fraction of sp³-hybridized carbons (Fsp3) is 0.200. The van der Waals surface area contributed by atoms with E-state index in [1.165, 1.54) is 6.08 Å². The number of hydrogen-bond acceptors (Lipinski definition) is 4. The number of nitrogens with two attached hydrogens (primary N) is 1. The van der Waals surface area contributed by atoms with Crippen LogP contribution in [0.3, 0.4) is 0 Å². The molecule has 15 heavy (non-hydrogen) atoms. The normalized spacial score (nSPS) is 11.3. The number of rotatable bonds is 4. The van der Waals surface area contributed by atoms with Crippen LogP contribution in [0.5, 0.6) is 0 Å². The van der Waals surface area contributed by atoms with Gasteiger partial charge in [-0.2, -0.15) is 5.10 Å². The minimum atomic E-state index is -0.359. The third kappa shape index (κ3) is 4.12. The number of ether oxygens (including phenoxy) is 1. The first-order valence-corrected chi connectivity index (χ1v) is 4.53. The fourth-order valence-corrected chi connectivity index (χ4v) is 0.897. The van der Waals surface area contributed by atoms with Gasteiger partial charge in [0.1, 0.15) is 0 Å². The summed E-state index contributed by atoms with van der Waals surface area (Å²) in [5.41, 5.74) is 6.05. The van der Waals surface area contributed by atoms with E-state index >= 15 is 0 Å². The molecule has 0 saturated carbocycles. The molecule has 1 aromatic rings. The first-order chi connectivity index (χ1) is 7.22. The van der Waals surface area contributed by atoms with E-state index in [1.54, 1.807) is 42.4 Å². The Morgan fingerprint density at radius 2 is 2.47 bits per heavy atom. The van der Waals surface area contributed by atoms with Crippen LogP contribution in [0.2, 0.25) is 0 Å². The van der Waals surface area contributed by atoms with Crippen LogP contribution < -0.4 is 5.73 Å². The molecular weight excluding hydrogens is 194 g/mol. The second-order valence-corrected chi connectivity index (χ2v) is 2.71. The summed E-state index contributed by atoms with van der Waals surface area (Å²) >= 11 is 0. The zero-order valence-corrected chi connectivity index (χ0v) is 8.46. The molecule has 0 radical (unpaired) electrons. The predicted molar refractivity (Wildman–Crippen MR) is 57.7 cm³/mol. The zero-order chi connectivity index (χ0) is 11.1. The maximum Gasteiger partial charge on any atom is 0.330 e. The molecule has 0 saturated heterocycles. The number of aromatic nitrogens is 2. The van der Waals surface area contributed by atoms with E-state index in [-0.39, 0.29) is 5.97 Å². The van der Waals surface area contributed by atoms with Gasteiger partial charge in [0, 0.05) is 12.3 Å². The first kappa shape index (κ1) is 11.0. The predicted octanol–water partition coefficient (Wildman–Crippen LogP) is 1.06. The molecule has 0 fully saturated rings. The van der Waals surface area contributed by atoms with Gasteiger partial charge in [-0.3, -0.25) is 0 Å². The summed E-state index contributed by atoms with van der Waals surface area (Å²) in [6.07, 6.45) is 9.46. The molecule has 0 unspecified atom stereocenters. The molecule has 0 spiro atoms. The standard InChI is InChI=1S/C10H13N3O2/c1-2-15-10(14)5-3-4-6-13-8-9(11)7-12-13/h3-8H,2,11H2,1H3. The summed E-state index contributed by atoms with van der Waals surface area (Å²) in [5, 5.41) is 3.92. The van der Waals surface area contributed by atoms with E-state index in [4.69, 9.17) is 10.5 Å². The highest BCUT2D eigenvalue weighted by Crippen LogP contribution is 1.97. The molecule has 1 aromatic heterocycles. The van der Waals surface area contributed by atoms with Crippen LogP contribution in [0.4, 0.5) is 5.69 Å². The van der Waals surface area contributed by atoms with Crippen LogP contribution in [0, 0.1) is 0 Å². The minimum Gasteiger partial charge on any atom is -0.463 e. The summed E-state index contributed by atoms with van der Waals surface area (Å²) in [4.78, 5) is 10.9. The number of carbonyl (C=O) groups is 1. The van der Waals surface area contributed by atoms with Crippen LogP contribution in [0.15, 0.2) is 30.6 Å². The van der Waals surface area contributed by atoms with Gasteiger partial charge in [-0.25, -0.2) is 9.48 Å². The molecule has 1 rings (SSSR count). The number of carbonyl (C=O) groups excluding carboxylic acids is 1. The van der Waals surface area contributed by atoms with Crippen molar-refractivity contribution in [2.45, 2.75) is 6.92 Å². The maximum absolute atomic E-state index is 10.9. The first-order valence-electron chi connectivity index (χ1n) is 4.53. The molecule has 0 aromatic carbocycles. The average Bonchev–Trinajstić information content (AvgIpc) is 2.60. The number of esters is 1. The second kappa shape index (κ2) is 5.64. The van der Waals surface area contributed by atoms with E-state index < -0.39 is 0 Å². The third-order valence-corrected chi connectivity index (χ3v) is 1.49. The van der Waals surface area contributed by atoms with Gasteiger partial charge in [-0.15, -0.1) is 0 Å². The van der Waals surface area contributed by atoms with Crippen molar-refractivity contribution >= 4 is 17.9 Å². The molecular formula is C10H13N3O2. The average molecular weight is 207 g/mol. The summed E-state index contributed by atoms with van der Waals surface area (Å²) in [5.74, 6) is -0.359. The number of hydrogen-bond donors (Lipinski definition) is 1. The number of allylic oxidation sites excluding steroid dienone is 2. The van der Waals surface area contributed by atoms with Gasteiger partial charge >= 0.3 is 5.97 Å². The van der Waals surface area contributed by atoms with Crippen molar-refractivity contribution in [1.82, 2.24) is 9.78 Å². The van der Waals surface area contributed by atoms with E-state index in [1.807, 2.05) is 0 Å². The molecule has 5 heteroatoms. The Morgan fingerprint density at radius 3 is 3.07 bits per heavy atom. The van der Waals surface area contributed by atoms with Crippen LogP contribution >= 0.6 is 0 Å². The molecule has 5 nitrogen and oxygen atoms in total. The molecule has 0 amide bonds. The van der Waals surface area contributed by atoms with Gasteiger partial charge in [-0.1, -0.05) is 6.08 Å². The van der Waals surface area contributed by atoms with Crippen molar-refractivity contribution in [3.8, 4) is 0 Å². The lowest BCUT2D eigenvalue weighted by molar-refractivity contribution is -0.137. The molecule has 0 aliphatic heterocycles. The lowest BCUT2D eigenvalue weighted by atomic mass is 10.5. The van der Waals surface area contributed by atoms with Crippen molar-refractivity contribution in [1.29, 1.82) is 0 Å². The van der Waals surface area contributed by atoms with Crippen molar-refractivity contribution in [3.05, 3.63) is 30.6 Å². The molecule has 0 aliphatic carbocycles. The van der Waals surface area contributed by atoms with Gasteiger partial charge in [0.15, 0.2) is 0 Å². The Bertz CT molecular complexity index is 380. The van der Waals surface area contributed by atoms with Gasteiger partial charge in [0.25, 0.3) is 0 Å². The summed E-state index contributed by atoms with van der Waals surface area (Å²) in [6.45, 7) is 2.14. The smallest absolute Gasteiger partial charge is 0.330 e. The number of nitrogens with zero attached hydrogens (tertiary/aromatic N) is 2. The van der Waals surface area contributed by atoms with Gasteiger partial charge < -0.3 is 10.5 Å². The SMILES string of the molecule is CCOC(=O)C=CC=Cn1cc(N)cn1. The van der Waals surface area contributed by atoms with E-state index in [0.717, 1.165) is 0 Å². The van der Waals surface area contributed by atoms with Gasteiger partial charge in [0.05, 0.1) is 24.7 Å². The van der Waals surface area contributed by atoms with Crippen molar-refractivity contribution in [2.75, 3.05) is 12.3 Å². The van der Waals surface area contributed by atoms with Crippen LogP contribution in [-0.4, -0.2) is 22.4 Å². The van der Waals surface area contributed by atoms with Crippen LogP contribution in [0.25, 0.3) is 6.20 Å². The lowest BCUT2D eigenvalue weighted by Crippen LogP contribution is -1.98. The summed E-state index contributed by atoms with van der Waals surface area (Å²) in [6, 6.07) is 0. The fourth-order valence-electron chi connectivity index (χ4n) is 0.897. The van der Waals surface area contributed by atoms with E-state index in [2.05, 4.69) is 5.10 Å². The summed E-state index contributed by atoms with van der Waals surface area (Å²) in [7, 11) is 0. The largest absolute Gasteiger partial charge is 0.463 e. The third-order valence-electron chi connectivity index (χ3n) is 1.49. The molecule has 0 atom stereocenters. The monoisotopic (exact) mass is 207 g/mol. The molecule has 2 N–H and O–H groups in total. The number of anilines is 1. The van der Waals surface area contributed by atoms with Crippen LogP contribution in [-0.2, 0) is 9.53 Å². The Hall–Kier alpha value is -2.04. The van der Waals surface area contributed by atoms with Crippen molar-refractivity contribution in [3.63, 3.8) is 0 Å². The van der Waals surface area contributed by atoms with E-state index in [0.29, 0.717) is 12.3 Å². The highest BCUT2D eigenvalue weighted by Gasteiger charge is 1.90. The topological polar surface area (TPSA) is 70.1 Å². The van der Waals surface area contributed by atoms with Crippen LogP contribution in [0.1, 0.15) is 6.92 Å². The van der Waals surface area contributed by atoms with E-state index in [9.17, 15) is 4.79 Å². The number of nitrogen functional groups attached to an aromatic ring is 1. The Morgan fingerprint density at radius 1 is 1.67 bits per heavy atom. The van der Waals surface area contributed by atoms with Gasteiger partial charge in [-0.05, 0) is 13.0 Å². The minimum absolute atomic E-state index is 0.359. The Balaban J connectivity index is 2.42. The summed E-state index contributed by atoms with van der Waals surface area (Å²) < 4.78 is 6.24. The van der Waals surface area contributed by atoms with Crippen molar-refractivity contribution < 1.29 is 9.53 Å². The Kier molecular flexibility index (Phi) is 4.15. The maximum atomic E-state index is 10.9. The molecule has 0 aliphatic rings. The highest BCUT2D eigenvalue weighted by molar-refractivity contribution is 5.82. The quantitative estimate of drug-likeness (QED) is 0.455. The molecule has 80 valence electrons. The molecule has 1 heterocycles. The lowest BCUT2D eigenvalue weighted by Gasteiger charge is -1.92. The highest BCUT2D eigenvalue weighted by atomic mass is 16.5. The Labute approximate surface area is 87.8 Å². The zero-order valence-electron chi connectivity index (χ0n) is 8.46. The van der Waals surface area contributed by atoms with Crippen molar-refractivity contribution in [2.24, 2.45) is 0 Å².